The smallest absolute Gasteiger partial charge is 0.339 e. The molecule has 0 N–H and O–H groups in total. The third kappa shape index (κ3) is 3.85. The maximum atomic E-state index is 11.6. The van der Waals surface area contributed by atoms with Gasteiger partial charge in [0.05, 0.1) is 5.56 Å². The van der Waals surface area contributed by atoms with Gasteiger partial charge >= 0.3 is 5.97 Å². The molecule has 0 aliphatic carbocycles. The zero-order valence-electron chi connectivity index (χ0n) is 10.8. The second-order valence-corrected chi connectivity index (χ2v) is 3.96. The van der Waals surface area contributed by atoms with E-state index in [2.05, 4.69) is 10.9 Å². The quantitative estimate of drug-likeness (QED) is 0.616. The summed E-state index contributed by atoms with van der Waals surface area (Å²) in [4.78, 5) is 15.7. The molecule has 20 heavy (non-hydrogen) atoms. The monoisotopic (exact) mass is 267 g/mol. The molecule has 0 saturated heterocycles. The van der Waals surface area contributed by atoms with Crippen LogP contribution in [0.1, 0.15) is 15.9 Å². The van der Waals surface area contributed by atoms with E-state index in [0.717, 1.165) is 5.56 Å². The molecule has 0 fully saturated rings. The number of benzene rings is 1. The van der Waals surface area contributed by atoms with Gasteiger partial charge in [0.15, 0.2) is 6.61 Å². The largest absolute Gasteiger partial charge is 0.489 e. The lowest BCUT2D eigenvalue weighted by atomic mass is 10.2. The van der Waals surface area contributed by atoms with Gasteiger partial charge in [-0.2, -0.15) is 0 Å². The first-order chi connectivity index (χ1) is 9.79. The first-order valence-electron chi connectivity index (χ1n) is 6.02. The summed E-state index contributed by atoms with van der Waals surface area (Å²) in [5.41, 5.74) is 1.36. The highest BCUT2D eigenvalue weighted by molar-refractivity contribution is 5.89. The topological polar surface area (TPSA) is 48.4 Å². The molecule has 0 amide bonds. The van der Waals surface area contributed by atoms with E-state index in [9.17, 15) is 4.79 Å². The number of hydrogen-bond donors (Lipinski definition) is 0. The lowest BCUT2D eigenvalue weighted by Crippen LogP contribution is -2.05. The van der Waals surface area contributed by atoms with Crippen molar-refractivity contribution < 1.29 is 14.3 Å². The van der Waals surface area contributed by atoms with Crippen LogP contribution in [0.2, 0.25) is 0 Å². The molecule has 4 heteroatoms. The Morgan fingerprint density at radius 1 is 1.30 bits per heavy atom. The number of nitrogens with zero attached hydrogens (tertiary/aromatic N) is 1. The van der Waals surface area contributed by atoms with Crippen LogP contribution >= 0.6 is 0 Å². The Balaban J connectivity index is 1.99. The van der Waals surface area contributed by atoms with Crippen LogP contribution in [0.5, 0.6) is 5.75 Å². The highest BCUT2D eigenvalue weighted by Crippen LogP contribution is 2.15. The predicted octanol–water partition coefficient (Wildman–Crippen LogP) is 2.45. The van der Waals surface area contributed by atoms with Crippen molar-refractivity contribution in [2.45, 2.75) is 6.61 Å². The van der Waals surface area contributed by atoms with Gasteiger partial charge in [-0.05, 0) is 24.3 Å². The highest BCUT2D eigenvalue weighted by Gasteiger charge is 2.07. The molecule has 1 aromatic carbocycles. The molecule has 1 heterocycles. The highest BCUT2D eigenvalue weighted by atomic mass is 16.5. The molecule has 2 aromatic rings. The van der Waals surface area contributed by atoms with E-state index >= 15 is 0 Å². The van der Waals surface area contributed by atoms with E-state index < -0.39 is 5.97 Å². The van der Waals surface area contributed by atoms with E-state index in [4.69, 9.17) is 15.9 Å². The summed E-state index contributed by atoms with van der Waals surface area (Å²) in [5.74, 6) is 2.37. The van der Waals surface area contributed by atoms with Gasteiger partial charge in [0.25, 0.3) is 0 Å². The summed E-state index contributed by atoms with van der Waals surface area (Å²) in [6, 6.07) is 10.5. The van der Waals surface area contributed by atoms with Crippen molar-refractivity contribution in [1.82, 2.24) is 4.98 Å². The SMILES string of the molecule is C#CCOC(=O)c1cccc(OCc2cccnc2)c1. The lowest BCUT2D eigenvalue weighted by Gasteiger charge is -2.07. The van der Waals surface area contributed by atoms with E-state index in [-0.39, 0.29) is 6.61 Å². The zero-order valence-corrected chi connectivity index (χ0v) is 10.8. The summed E-state index contributed by atoms with van der Waals surface area (Å²) in [6.07, 6.45) is 8.47. The number of ether oxygens (including phenoxy) is 2. The van der Waals surface area contributed by atoms with Crippen LogP contribution in [0.4, 0.5) is 0 Å². The Kier molecular flexibility index (Phi) is 4.74. The Bertz CT molecular complexity index is 617. The average Bonchev–Trinajstić information content (AvgIpc) is 2.52. The van der Waals surface area contributed by atoms with Crippen LogP contribution in [0.3, 0.4) is 0 Å². The maximum absolute atomic E-state index is 11.6. The minimum absolute atomic E-state index is 0.0421. The molecule has 4 nitrogen and oxygen atoms in total. The first kappa shape index (κ1) is 13.6. The number of carbonyl (C=O) groups excluding carboxylic acids is 1. The van der Waals surface area contributed by atoms with E-state index in [0.29, 0.717) is 17.9 Å². The summed E-state index contributed by atoms with van der Waals surface area (Å²) in [6.45, 7) is 0.344. The lowest BCUT2D eigenvalue weighted by molar-refractivity contribution is 0.0556. The number of carbonyl (C=O) groups is 1. The molecule has 100 valence electrons. The molecule has 0 saturated carbocycles. The fourth-order valence-corrected chi connectivity index (χ4v) is 1.55. The Labute approximate surface area is 117 Å². The van der Waals surface area contributed by atoms with Crippen LogP contribution in [0.25, 0.3) is 0 Å². The summed E-state index contributed by atoms with van der Waals surface area (Å²) in [7, 11) is 0. The van der Waals surface area contributed by atoms with Crippen molar-refractivity contribution >= 4 is 5.97 Å². The fraction of sp³-hybridized carbons (Fsp3) is 0.125. The van der Waals surface area contributed by atoms with Crippen molar-refractivity contribution in [1.29, 1.82) is 0 Å². The predicted molar refractivity (Wildman–Crippen MR) is 74.1 cm³/mol. The number of pyridine rings is 1. The van der Waals surface area contributed by atoms with Gasteiger partial charge in [0.2, 0.25) is 0 Å². The molecular weight excluding hydrogens is 254 g/mol. The maximum Gasteiger partial charge on any atom is 0.339 e. The second kappa shape index (κ2) is 6.95. The number of terminal acetylenes is 1. The van der Waals surface area contributed by atoms with Crippen molar-refractivity contribution in [3.63, 3.8) is 0 Å². The van der Waals surface area contributed by atoms with Crippen molar-refractivity contribution in [3.05, 3.63) is 59.9 Å². The van der Waals surface area contributed by atoms with Gasteiger partial charge in [0, 0.05) is 18.0 Å². The number of rotatable bonds is 5. The van der Waals surface area contributed by atoms with Crippen LogP contribution in [0.15, 0.2) is 48.8 Å². The van der Waals surface area contributed by atoms with E-state index in [1.54, 1.807) is 36.7 Å². The van der Waals surface area contributed by atoms with Crippen molar-refractivity contribution in [2.24, 2.45) is 0 Å². The van der Waals surface area contributed by atoms with Gasteiger partial charge < -0.3 is 9.47 Å². The first-order valence-corrected chi connectivity index (χ1v) is 6.02. The Morgan fingerprint density at radius 2 is 2.20 bits per heavy atom. The van der Waals surface area contributed by atoms with Gasteiger partial charge in [-0.3, -0.25) is 4.98 Å². The number of aromatic nitrogens is 1. The molecule has 0 unspecified atom stereocenters. The molecule has 0 atom stereocenters. The molecule has 0 radical (unpaired) electrons. The van der Waals surface area contributed by atoms with Crippen LogP contribution in [-0.2, 0) is 11.3 Å². The molecule has 0 aliphatic rings. The normalized spacial score (nSPS) is 9.55. The summed E-state index contributed by atoms with van der Waals surface area (Å²) >= 11 is 0. The average molecular weight is 267 g/mol. The fourth-order valence-electron chi connectivity index (χ4n) is 1.55. The van der Waals surface area contributed by atoms with E-state index in [1.807, 2.05) is 12.1 Å². The Hall–Kier alpha value is -2.80. The number of esters is 1. The third-order valence-corrected chi connectivity index (χ3v) is 2.48. The third-order valence-electron chi connectivity index (χ3n) is 2.48. The summed E-state index contributed by atoms with van der Waals surface area (Å²) < 4.78 is 10.5. The van der Waals surface area contributed by atoms with Crippen LogP contribution in [-0.4, -0.2) is 17.6 Å². The van der Waals surface area contributed by atoms with E-state index in [1.165, 1.54) is 0 Å². The summed E-state index contributed by atoms with van der Waals surface area (Å²) in [5, 5.41) is 0. The van der Waals surface area contributed by atoms with Gasteiger partial charge in [-0.1, -0.05) is 18.1 Å². The number of hydrogen-bond acceptors (Lipinski definition) is 4. The minimum Gasteiger partial charge on any atom is -0.489 e. The van der Waals surface area contributed by atoms with Crippen LogP contribution < -0.4 is 4.74 Å². The molecule has 0 bridgehead atoms. The molecule has 1 aromatic heterocycles. The second-order valence-electron chi connectivity index (χ2n) is 3.96. The molecule has 0 spiro atoms. The standard InChI is InChI=1S/C16H13NO3/c1-2-9-19-16(18)14-6-3-7-15(10-14)20-12-13-5-4-8-17-11-13/h1,3-8,10-11H,9,12H2. The molecule has 0 aliphatic heterocycles. The molecular formula is C16H13NO3. The van der Waals surface area contributed by atoms with Crippen molar-refractivity contribution in [3.8, 4) is 18.1 Å². The zero-order chi connectivity index (χ0) is 14.2. The van der Waals surface area contributed by atoms with Gasteiger partial charge in [0.1, 0.15) is 12.4 Å². The Morgan fingerprint density at radius 3 is 2.95 bits per heavy atom. The van der Waals surface area contributed by atoms with Crippen LogP contribution in [0, 0.1) is 12.3 Å². The van der Waals surface area contributed by atoms with Crippen molar-refractivity contribution in [2.75, 3.05) is 6.61 Å². The van der Waals surface area contributed by atoms with Gasteiger partial charge in [-0.15, -0.1) is 6.42 Å². The minimum atomic E-state index is -0.463. The molecule has 2 rings (SSSR count). The van der Waals surface area contributed by atoms with Gasteiger partial charge in [-0.25, -0.2) is 4.79 Å².